The second-order valence-corrected chi connectivity index (χ2v) is 7.24. The minimum absolute atomic E-state index is 0.00992. The molecule has 1 saturated heterocycles. The molecule has 4 nitrogen and oxygen atoms in total. The molecule has 5 heteroatoms. The van der Waals surface area contributed by atoms with Gasteiger partial charge in [-0.1, -0.05) is 6.42 Å². The van der Waals surface area contributed by atoms with Gasteiger partial charge in [-0.05, 0) is 51.9 Å². The molecule has 1 unspecified atom stereocenters. The maximum absolute atomic E-state index is 13.9. The summed E-state index contributed by atoms with van der Waals surface area (Å²) in [4.78, 5) is 17.3. The lowest BCUT2D eigenvalue weighted by molar-refractivity contribution is 0.161. The quantitative estimate of drug-likeness (QED) is 0.736. The third kappa shape index (κ3) is 2.86. The summed E-state index contributed by atoms with van der Waals surface area (Å²) in [5.41, 5.74) is 2.67. The van der Waals surface area contributed by atoms with Crippen LogP contribution in [0.1, 0.15) is 31.9 Å². The molecule has 1 aliphatic heterocycles. The predicted molar refractivity (Wildman–Crippen MR) is 99.6 cm³/mol. The van der Waals surface area contributed by atoms with Crippen LogP contribution in [0.4, 0.5) is 4.39 Å². The number of hydrogen-bond donors (Lipinski definition) is 1. The van der Waals surface area contributed by atoms with Crippen molar-refractivity contribution in [2.24, 2.45) is 0 Å². The van der Waals surface area contributed by atoms with E-state index in [1.807, 2.05) is 13.0 Å². The van der Waals surface area contributed by atoms with Crippen molar-refractivity contribution in [3.63, 3.8) is 0 Å². The number of nitrogens with one attached hydrogen (secondary N) is 1. The van der Waals surface area contributed by atoms with Crippen LogP contribution < -0.4 is 5.43 Å². The average molecular weight is 341 g/mol. The Morgan fingerprint density at radius 1 is 1.16 bits per heavy atom. The first-order chi connectivity index (χ1) is 12.0. The van der Waals surface area contributed by atoms with Gasteiger partial charge in [-0.3, -0.25) is 9.69 Å². The van der Waals surface area contributed by atoms with E-state index in [0.717, 1.165) is 47.1 Å². The Bertz CT molecular complexity index is 982. The molecule has 1 fully saturated rings. The molecule has 0 amide bonds. The van der Waals surface area contributed by atoms with E-state index in [9.17, 15) is 9.18 Å². The van der Waals surface area contributed by atoms with Crippen LogP contribution in [0.2, 0.25) is 0 Å². The van der Waals surface area contributed by atoms with Crippen molar-refractivity contribution in [3.05, 3.63) is 46.1 Å². The Morgan fingerprint density at radius 3 is 2.68 bits per heavy atom. The van der Waals surface area contributed by atoms with Crippen LogP contribution in [-0.2, 0) is 6.54 Å². The molecule has 0 radical (unpaired) electrons. The molecule has 3 aromatic rings. The highest BCUT2D eigenvalue weighted by atomic mass is 19.1. The van der Waals surface area contributed by atoms with E-state index >= 15 is 0 Å². The van der Waals surface area contributed by atoms with E-state index in [2.05, 4.69) is 21.4 Å². The van der Waals surface area contributed by atoms with Gasteiger partial charge in [0.2, 0.25) is 0 Å². The summed E-state index contributed by atoms with van der Waals surface area (Å²) < 4.78 is 16.1. The Balaban J connectivity index is 1.88. The first-order valence-electron chi connectivity index (χ1n) is 9.10. The lowest BCUT2D eigenvalue weighted by atomic mass is 10.1. The number of fused-ring (bicyclic) bond motifs is 3. The Kier molecular flexibility index (Phi) is 4.12. The van der Waals surface area contributed by atoms with Crippen LogP contribution in [-0.4, -0.2) is 33.6 Å². The highest BCUT2D eigenvalue weighted by Gasteiger charge is 2.20. The number of nitrogens with zero attached hydrogens (tertiary/aromatic N) is 2. The number of likely N-dealkylation sites (tertiary alicyclic amines) is 1. The van der Waals surface area contributed by atoms with Gasteiger partial charge in [0.15, 0.2) is 11.4 Å². The van der Waals surface area contributed by atoms with E-state index in [0.29, 0.717) is 6.04 Å². The zero-order valence-electron chi connectivity index (χ0n) is 14.8. The van der Waals surface area contributed by atoms with Crippen LogP contribution in [0.3, 0.4) is 0 Å². The topological polar surface area (TPSA) is 41.0 Å². The smallest absolute Gasteiger partial charge is 0.191 e. The SMILES string of the molecule is Cc1[nH]c(F)cc2c3ccc(=O)cc3n(CC(C)N3CCCCC3)c12. The fraction of sp³-hybridized carbons (Fsp3) is 0.450. The number of aromatic nitrogens is 2. The predicted octanol–water partition coefficient (Wildman–Crippen LogP) is 3.80. The van der Waals surface area contributed by atoms with Crippen molar-refractivity contribution < 1.29 is 4.39 Å². The maximum atomic E-state index is 13.9. The average Bonchev–Trinajstić information content (AvgIpc) is 2.89. The fourth-order valence-electron chi connectivity index (χ4n) is 4.24. The maximum Gasteiger partial charge on any atom is 0.191 e. The van der Waals surface area contributed by atoms with Crippen LogP contribution in [0.25, 0.3) is 21.8 Å². The number of aromatic amines is 1. The number of hydrogen-bond acceptors (Lipinski definition) is 2. The molecule has 0 aliphatic carbocycles. The number of benzene rings is 1. The van der Waals surface area contributed by atoms with Crippen LogP contribution in [0.15, 0.2) is 29.1 Å². The van der Waals surface area contributed by atoms with Crippen molar-refractivity contribution >= 4 is 21.8 Å². The molecule has 0 spiro atoms. The number of piperidine rings is 1. The van der Waals surface area contributed by atoms with E-state index in [1.54, 1.807) is 12.1 Å². The van der Waals surface area contributed by atoms with Gasteiger partial charge in [0.25, 0.3) is 0 Å². The standard InChI is InChI=1S/C20H24FN3O/c1-13(23-8-4-3-5-9-23)12-24-18-10-15(25)6-7-16(18)17-11-19(21)22-14(2)20(17)24/h6-7,10-11,13,22H,3-5,8-9,12H2,1-2H3. The third-order valence-electron chi connectivity index (χ3n) is 5.47. The van der Waals surface area contributed by atoms with Gasteiger partial charge in [0.05, 0.1) is 11.0 Å². The highest BCUT2D eigenvalue weighted by Crippen LogP contribution is 2.31. The lowest BCUT2D eigenvalue weighted by Gasteiger charge is -2.33. The highest BCUT2D eigenvalue weighted by molar-refractivity contribution is 6.08. The Hall–Kier alpha value is -2.14. The number of H-pyrrole nitrogens is 1. The van der Waals surface area contributed by atoms with E-state index in [1.165, 1.54) is 25.3 Å². The van der Waals surface area contributed by atoms with Crippen molar-refractivity contribution in [3.8, 4) is 0 Å². The molecule has 0 saturated carbocycles. The summed E-state index contributed by atoms with van der Waals surface area (Å²) in [5.74, 6) is -0.348. The van der Waals surface area contributed by atoms with Crippen molar-refractivity contribution in [1.29, 1.82) is 0 Å². The van der Waals surface area contributed by atoms with Crippen molar-refractivity contribution in [1.82, 2.24) is 14.5 Å². The first kappa shape index (κ1) is 16.3. The lowest BCUT2D eigenvalue weighted by Crippen LogP contribution is -2.39. The minimum atomic E-state index is -0.348. The molecule has 1 atom stereocenters. The summed E-state index contributed by atoms with van der Waals surface area (Å²) in [6, 6.07) is 6.97. The zero-order chi connectivity index (χ0) is 17.6. The monoisotopic (exact) mass is 341 g/mol. The fourth-order valence-corrected chi connectivity index (χ4v) is 4.24. The Morgan fingerprint density at radius 2 is 1.92 bits per heavy atom. The second kappa shape index (κ2) is 6.30. The number of pyridine rings is 1. The van der Waals surface area contributed by atoms with Crippen LogP contribution in [0.5, 0.6) is 0 Å². The molecule has 25 heavy (non-hydrogen) atoms. The van der Waals surface area contributed by atoms with E-state index < -0.39 is 0 Å². The number of aryl methyl sites for hydroxylation is 1. The second-order valence-electron chi connectivity index (χ2n) is 7.24. The summed E-state index contributed by atoms with van der Waals surface area (Å²) in [6.45, 7) is 7.19. The normalized spacial score (nSPS) is 17.4. The van der Waals surface area contributed by atoms with Crippen LogP contribution >= 0.6 is 0 Å². The molecule has 1 aliphatic rings. The minimum Gasteiger partial charge on any atom is -0.337 e. The molecule has 3 heterocycles. The van der Waals surface area contributed by atoms with Gasteiger partial charge in [0.1, 0.15) is 0 Å². The molecule has 2 aromatic heterocycles. The largest absolute Gasteiger partial charge is 0.337 e. The van der Waals surface area contributed by atoms with Crippen molar-refractivity contribution in [2.45, 2.75) is 45.7 Å². The van der Waals surface area contributed by atoms with Gasteiger partial charge >= 0.3 is 0 Å². The van der Waals surface area contributed by atoms with Gasteiger partial charge in [-0.25, -0.2) is 0 Å². The summed E-state index contributed by atoms with van der Waals surface area (Å²) >= 11 is 0. The molecule has 1 N–H and O–H groups in total. The Labute approximate surface area is 146 Å². The molecular formula is C20H24FN3O. The summed E-state index contributed by atoms with van der Waals surface area (Å²) in [6.07, 6.45) is 3.81. The van der Waals surface area contributed by atoms with Gasteiger partial charge < -0.3 is 9.55 Å². The zero-order valence-corrected chi connectivity index (χ0v) is 14.8. The molecular weight excluding hydrogens is 317 g/mol. The summed E-state index contributed by atoms with van der Waals surface area (Å²) in [7, 11) is 0. The van der Waals surface area contributed by atoms with Gasteiger partial charge in [-0.15, -0.1) is 0 Å². The van der Waals surface area contributed by atoms with Crippen LogP contribution in [0, 0.1) is 12.9 Å². The van der Waals surface area contributed by atoms with Crippen molar-refractivity contribution in [2.75, 3.05) is 13.1 Å². The van der Waals surface area contributed by atoms with Gasteiger partial charge in [-0.2, -0.15) is 4.39 Å². The third-order valence-corrected chi connectivity index (χ3v) is 5.47. The van der Waals surface area contributed by atoms with E-state index in [4.69, 9.17) is 0 Å². The molecule has 0 bridgehead atoms. The van der Waals surface area contributed by atoms with E-state index in [-0.39, 0.29) is 11.4 Å². The molecule has 1 aromatic carbocycles. The first-order valence-corrected chi connectivity index (χ1v) is 9.10. The molecule has 132 valence electrons. The molecule has 4 rings (SSSR count). The number of halogens is 1. The van der Waals surface area contributed by atoms with Gasteiger partial charge in [0, 0.05) is 41.2 Å². The summed E-state index contributed by atoms with van der Waals surface area (Å²) in [5, 5.41) is 1.81. The number of rotatable bonds is 3.